The second kappa shape index (κ2) is 5.78. The summed E-state index contributed by atoms with van der Waals surface area (Å²) in [5, 5.41) is 8.65. The van der Waals surface area contributed by atoms with Crippen LogP contribution >= 0.6 is 0 Å². The lowest BCUT2D eigenvalue weighted by Gasteiger charge is -2.15. The maximum absolute atomic E-state index is 13.2. The Morgan fingerprint density at radius 1 is 1.14 bits per heavy atom. The number of hydrogen-bond donors (Lipinski definition) is 1. The third kappa shape index (κ3) is 3.47. The zero-order chi connectivity index (χ0) is 15.5. The van der Waals surface area contributed by atoms with Gasteiger partial charge in [-0.25, -0.2) is 4.79 Å². The van der Waals surface area contributed by atoms with Crippen molar-refractivity contribution in [3.63, 3.8) is 0 Å². The molecule has 1 heterocycles. The van der Waals surface area contributed by atoms with E-state index in [9.17, 15) is 18.0 Å². The quantitative estimate of drug-likeness (QED) is 0.874. The van der Waals surface area contributed by atoms with Gasteiger partial charge in [-0.3, -0.25) is 4.98 Å². The normalized spacial score (nSPS) is 11.8. The summed E-state index contributed by atoms with van der Waals surface area (Å²) in [5.74, 6) is -1.23. The highest BCUT2D eigenvalue weighted by Crippen LogP contribution is 2.39. The summed E-state index contributed by atoms with van der Waals surface area (Å²) in [6.07, 6.45) is 0.180. The van der Waals surface area contributed by atoms with Gasteiger partial charge in [0.15, 0.2) is 0 Å². The number of benzene rings is 1. The molecular weight excluding hydrogens is 283 g/mol. The van der Waals surface area contributed by atoms with E-state index in [0.29, 0.717) is 5.56 Å². The van der Waals surface area contributed by atoms with Crippen molar-refractivity contribution in [1.82, 2.24) is 4.98 Å². The lowest BCUT2D eigenvalue weighted by atomic mass is 9.94. The van der Waals surface area contributed by atoms with E-state index in [-0.39, 0.29) is 11.1 Å². The highest BCUT2D eigenvalue weighted by Gasteiger charge is 2.34. The number of aliphatic carboxylic acids is 1. The third-order valence-corrected chi connectivity index (χ3v) is 2.78. The molecule has 108 valence electrons. The topological polar surface area (TPSA) is 50.2 Å². The van der Waals surface area contributed by atoms with Gasteiger partial charge in [0.1, 0.15) is 0 Å². The number of carbonyl (C=O) groups is 1. The molecule has 0 atom stereocenters. The van der Waals surface area contributed by atoms with E-state index in [4.69, 9.17) is 5.11 Å². The molecule has 6 heteroatoms. The molecule has 0 unspecified atom stereocenters. The molecular formula is C15H10F3NO2. The zero-order valence-electron chi connectivity index (χ0n) is 10.6. The second-order valence-electron chi connectivity index (χ2n) is 4.18. The van der Waals surface area contributed by atoms with Crippen LogP contribution < -0.4 is 0 Å². The Kier molecular flexibility index (Phi) is 4.07. The summed E-state index contributed by atoms with van der Waals surface area (Å²) in [4.78, 5) is 14.4. The van der Waals surface area contributed by atoms with Crippen LogP contribution in [0.5, 0.6) is 0 Å². The van der Waals surface area contributed by atoms with Gasteiger partial charge in [0.25, 0.3) is 0 Å². The van der Waals surface area contributed by atoms with Crippen molar-refractivity contribution >= 4 is 12.0 Å². The minimum atomic E-state index is -4.54. The Morgan fingerprint density at radius 3 is 2.38 bits per heavy atom. The summed E-state index contributed by atoms with van der Waals surface area (Å²) < 4.78 is 39.5. The molecule has 3 nitrogen and oxygen atoms in total. The number of aromatic nitrogens is 1. The van der Waals surface area contributed by atoms with Gasteiger partial charge in [-0.15, -0.1) is 0 Å². The molecule has 2 rings (SSSR count). The lowest BCUT2D eigenvalue weighted by molar-refractivity contribution is -0.137. The van der Waals surface area contributed by atoms with Gasteiger partial charge >= 0.3 is 12.1 Å². The largest absolute Gasteiger partial charge is 0.478 e. The van der Waals surface area contributed by atoms with Crippen molar-refractivity contribution in [2.75, 3.05) is 0 Å². The van der Waals surface area contributed by atoms with Crippen LogP contribution in [-0.2, 0) is 11.0 Å². The van der Waals surface area contributed by atoms with Crippen molar-refractivity contribution in [2.45, 2.75) is 6.18 Å². The van der Waals surface area contributed by atoms with E-state index in [0.717, 1.165) is 18.2 Å². The molecule has 21 heavy (non-hydrogen) atoms. The van der Waals surface area contributed by atoms with Crippen molar-refractivity contribution in [3.05, 3.63) is 59.9 Å². The zero-order valence-corrected chi connectivity index (χ0v) is 10.6. The van der Waals surface area contributed by atoms with Crippen molar-refractivity contribution < 1.29 is 23.1 Å². The number of carboxylic acid groups (broad SMARTS) is 1. The summed E-state index contributed by atoms with van der Waals surface area (Å²) in [7, 11) is 0. The van der Waals surface area contributed by atoms with Crippen LogP contribution in [0.15, 0.2) is 48.8 Å². The molecule has 0 radical (unpaired) electrons. The van der Waals surface area contributed by atoms with Crippen LogP contribution in [0.25, 0.3) is 17.2 Å². The lowest BCUT2D eigenvalue weighted by Crippen LogP contribution is -2.08. The van der Waals surface area contributed by atoms with Crippen LogP contribution in [0.1, 0.15) is 11.1 Å². The molecule has 0 saturated carbocycles. The first-order valence-corrected chi connectivity index (χ1v) is 5.91. The predicted octanol–water partition coefficient (Wildman–Crippen LogP) is 3.87. The highest BCUT2D eigenvalue weighted by molar-refractivity contribution is 5.88. The van der Waals surface area contributed by atoms with Crippen LogP contribution in [0.2, 0.25) is 0 Å². The number of nitrogens with zero attached hydrogens (tertiary/aromatic N) is 1. The molecule has 2 aromatic rings. The monoisotopic (exact) mass is 293 g/mol. The molecule has 1 aromatic heterocycles. The Balaban J connectivity index is 2.70. The second-order valence-corrected chi connectivity index (χ2v) is 4.18. The molecule has 1 aromatic carbocycles. The summed E-state index contributed by atoms with van der Waals surface area (Å²) in [6.45, 7) is 0. The maximum Gasteiger partial charge on any atom is 0.417 e. The first kappa shape index (κ1) is 14.8. The fourth-order valence-electron chi connectivity index (χ4n) is 1.95. The number of alkyl halides is 3. The number of hydrogen-bond acceptors (Lipinski definition) is 2. The minimum absolute atomic E-state index is 0.0649. The molecule has 0 saturated heterocycles. The fourth-order valence-corrected chi connectivity index (χ4v) is 1.95. The van der Waals surface area contributed by atoms with Gasteiger partial charge < -0.3 is 5.11 Å². The first-order chi connectivity index (χ1) is 9.89. The summed E-state index contributed by atoms with van der Waals surface area (Å²) in [5.41, 5.74) is -0.382. The Hall–Kier alpha value is -2.63. The molecule has 0 bridgehead atoms. The van der Waals surface area contributed by atoms with Crippen molar-refractivity contribution in [1.29, 1.82) is 0 Å². The Labute approximate surface area is 118 Å². The number of rotatable bonds is 3. The fraction of sp³-hybridized carbons (Fsp3) is 0.0667. The number of carboxylic acids is 1. The Morgan fingerprint density at radius 2 is 1.81 bits per heavy atom. The number of pyridine rings is 1. The third-order valence-electron chi connectivity index (χ3n) is 2.78. The van der Waals surface area contributed by atoms with Crippen LogP contribution in [0.3, 0.4) is 0 Å². The molecule has 0 aliphatic heterocycles. The van der Waals surface area contributed by atoms with Crippen molar-refractivity contribution in [2.24, 2.45) is 0 Å². The van der Waals surface area contributed by atoms with Gasteiger partial charge in [-0.05, 0) is 35.4 Å². The van der Waals surface area contributed by atoms with Crippen molar-refractivity contribution in [3.8, 4) is 11.1 Å². The Bertz CT molecular complexity index is 679. The van der Waals surface area contributed by atoms with Gasteiger partial charge in [0.2, 0.25) is 0 Å². The maximum atomic E-state index is 13.2. The van der Waals surface area contributed by atoms with Gasteiger partial charge in [-0.2, -0.15) is 13.2 Å². The molecule has 0 aliphatic rings. The molecule has 0 amide bonds. The molecule has 0 aliphatic carbocycles. The summed E-state index contributed by atoms with van der Waals surface area (Å²) >= 11 is 0. The van der Waals surface area contributed by atoms with Crippen LogP contribution in [0, 0.1) is 0 Å². The van der Waals surface area contributed by atoms with E-state index in [1.54, 1.807) is 0 Å². The smallest absolute Gasteiger partial charge is 0.417 e. The predicted molar refractivity (Wildman–Crippen MR) is 71.3 cm³/mol. The average Bonchev–Trinajstić information content (AvgIpc) is 2.44. The molecule has 1 N–H and O–H groups in total. The van der Waals surface area contributed by atoms with E-state index in [2.05, 4.69) is 4.98 Å². The van der Waals surface area contributed by atoms with Gasteiger partial charge in [0, 0.05) is 24.0 Å². The number of halogens is 3. The summed E-state index contributed by atoms with van der Waals surface area (Å²) in [6, 6.07) is 6.54. The highest BCUT2D eigenvalue weighted by atomic mass is 19.4. The standard InChI is InChI=1S/C15H10F3NO2/c16-15(17,18)12-3-1-2-10(4-5-13(20)21)14(12)11-6-8-19-9-7-11/h1-9H,(H,20,21). The van der Waals surface area contributed by atoms with Crippen LogP contribution in [0.4, 0.5) is 13.2 Å². The van der Waals surface area contributed by atoms with E-state index in [1.807, 2.05) is 0 Å². The van der Waals surface area contributed by atoms with Gasteiger partial charge in [0.05, 0.1) is 5.56 Å². The minimum Gasteiger partial charge on any atom is -0.478 e. The average molecular weight is 293 g/mol. The molecule has 0 fully saturated rings. The van der Waals surface area contributed by atoms with E-state index >= 15 is 0 Å². The van der Waals surface area contributed by atoms with Gasteiger partial charge in [-0.1, -0.05) is 12.1 Å². The SMILES string of the molecule is O=C(O)C=Cc1cccc(C(F)(F)F)c1-c1ccncc1. The van der Waals surface area contributed by atoms with E-state index in [1.165, 1.54) is 36.7 Å². The molecule has 0 spiro atoms. The van der Waals surface area contributed by atoms with Crippen LogP contribution in [-0.4, -0.2) is 16.1 Å². The van der Waals surface area contributed by atoms with E-state index < -0.39 is 17.7 Å². The first-order valence-electron chi connectivity index (χ1n) is 5.91.